The Bertz CT molecular complexity index is 177. The minimum absolute atomic E-state index is 0.172. The van der Waals surface area contributed by atoms with E-state index in [-0.39, 0.29) is 5.41 Å². The van der Waals surface area contributed by atoms with Gasteiger partial charge in [-0.15, -0.1) is 0 Å². The predicted molar refractivity (Wildman–Crippen MR) is 43.7 cm³/mol. The average molecular weight is 157 g/mol. The second-order valence-electron chi connectivity index (χ2n) is 3.37. The fourth-order valence-electron chi connectivity index (χ4n) is 0.402. The molecule has 0 heterocycles. The van der Waals surface area contributed by atoms with Crippen molar-refractivity contribution in [1.29, 1.82) is 0 Å². The van der Waals surface area contributed by atoms with Crippen molar-refractivity contribution in [2.24, 2.45) is 11.1 Å². The fourth-order valence-corrected chi connectivity index (χ4v) is 0.402. The number of hydrogen-bond acceptors (Lipinski definition) is 3. The summed E-state index contributed by atoms with van der Waals surface area (Å²) in [5.41, 5.74) is 5.95. The van der Waals surface area contributed by atoms with Gasteiger partial charge < -0.3 is 10.5 Å². The molecule has 0 saturated heterocycles. The number of methoxy groups -OCH3 is 1. The number of ether oxygens (including phenoxy) is 1. The number of allylic oxidation sites excluding steroid dienone is 1. The minimum Gasteiger partial charge on any atom is -0.466 e. The number of hydrogen-bond donors (Lipinski definition) is 1. The summed E-state index contributed by atoms with van der Waals surface area (Å²) in [6.45, 7) is 5.80. The van der Waals surface area contributed by atoms with Crippen LogP contribution in [-0.2, 0) is 9.53 Å². The summed E-state index contributed by atoms with van der Waals surface area (Å²) < 4.78 is 4.42. The van der Waals surface area contributed by atoms with Crippen LogP contribution in [0.5, 0.6) is 0 Å². The van der Waals surface area contributed by atoms with Crippen LogP contribution in [-0.4, -0.2) is 13.1 Å². The third-order valence-electron chi connectivity index (χ3n) is 1.34. The lowest BCUT2D eigenvalue weighted by molar-refractivity contribution is -0.134. The first-order valence-corrected chi connectivity index (χ1v) is 3.43. The Morgan fingerprint density at radius 3 is 2.18 bits per heavy atom. The van der Waals surface area contributed by atoms with E-state index in [2.05, 4.69) is 4.74 Å². The second kappa shape index (κ2) is 3.42. The van der Waals surface area contributed by atoms with E-state index < -0.39 is 5.97 Å². The Morgan fingerprint density at radius 1 is 1.45 bits per heavy atom. The van der Waals surface area contributed by atoms with Gasteiger partial charge in [0.1, 0.15) is 0 Å². The van der Waals surface area contributed by atoms with Gasteiger partial charge >= 0.3 is 5.97 Å². The molecule has 0 aromatic rings. The molecule has 3 heteroatoms. The molecule has 3 nitrogen and oxygen atoms in total. The van der Waals surface area contributed by atoms with Crippen LogP contribution in [0.4, 0.5) is 0 Å². The van der Waals surface area contributed by atoms with Gasteiger partial charge in [0.15, 0.2) is 0 Å². The number of carbonyl (C=O) groups is 1. The van der Waals surface area contributed by atoms with Crippen LogP contribution in [0.1, 0.15) is 20.8 Å². The van der Waals surface area contributed by atoms with Crippen molar-refractivity contribution in [3.63, 3.8) is 0 Å². The number of carbonyl (C=O) groups excluding carboxylic acids is 1. The first-order valence-electron chi connectivity index (χ1n) is 3.43. The van der Waals surface area contributed by atoms with E-state index in [4.69, 9.17) is 5.73 Å². The maximum atomic E-state index is 10.7. The zero-order valence-electron chi connectivity index (χ0n) is 7.47. The Hall–Kier alpha value is -0.990. The molecule has 0 aliphatic carbocycles. The van der Waals surface area contributed by atoms with E-state index in [0.29, 0.717) is 5.70 Å². The molecule has 0 aliphatic rings. The van der Waals surface area contributed by atoms with Gasteiger partial charge in [-0.3, -0.25) is 0 Å². The summed E-state index contributed by atoms with van der Waals surface area (Å²) in [6, 6.07) is 0. The molecular formula is C8H15NO2. The molecule has 0 saturated carbocycles. The topological polar surface area (TPSA) is 52.3 Å². The highest BCUT2D eigenvalue weighted by molar-refractivity contribution is 5.82. The molecule has 0 aromatic carbocycles. The summed E-state index contributed by atoms with van der Waals surface area (Å²) in [4.78, 5) is 10.7. The molecule has 0 rings (SSSR count). The smallest absolute Gasteiger partial charge is 0.332 e. The first-order chi connectivity index (χ1) is 4.88. The molecule has 0 spiro atoms. The third kappa shape index (κ3) is 3.65. The van der Waals surface area contributed by atoms with Crippen LogP contribution >= 0.6 is 0 Å². The van der Waals surface area contributed by atoms with Gasteiger partial charge in [-0.2, -0.15) is 0 Å². The number of rotatable bonds is 1. The van der Waals surface area contributed by atoms with Crippen LogP contribution in [0, 0.1) is 5.41 Å². The van der Waals surface area contributed by atoms with Crippen LogP contribution < -0.4 is 5.73 Å². The summed E-state index contributed by atoms with van der Waals surface area (Å²) >= 11 is 0. The van der Waals surface area contributed by atoms with E-state index in [0.717, 1.165) is 0 Å². The Morgan fingerprint density at radius 2 is 1.91 bits per heavy atom. The highest BCUT2D eigenvalue weighted by Crippen LogP contribution is 2.19. The highest BCUT2D eigenvalue weighted by Gasteiger charge is 2.14. The Kier molecular flexibility index (Phi) is 3.11. The summed E-state index contributed by atoms with van der Waals surface area (Å²) in [5, 5.41) is 0. The van der Waals surface area contributed by atoms with Gasteiger partial charge in [-0.05, 0) is 0 Å². The van der Waals surface area contributed by atoms with E-state index in [9.17, 15) is 4.79 Å². The summed E-state index contributed by atoms with van der Waals surface area (Å²) in [7, 11) is 1.33. The van der Waals surface area contributed by atoms with Gasteiger partial charge in [0.25, 0.3) is 0 Å². The molecule has 0 aliphatic heterocycles. The normalized spacial score (nSPS) is 12.9. The van der Waals surface area contributed by atoms with Crippen molar-refractivity contribution in [3.8, 4) is 0 Å². The molecule has 0 radical (unpaired) electrons. The van der Waals surface area contributed by atoms with Crippen LogP contribution in [0.25, 0.3) is 0 Å². The van der Waals surface area contributed by atoms with Crippen LogP contribution in [0.15, 0.2) is 11.8 Å². The standard InChI is InChI=1S/C8H15NO2/c1-8(2,3)6(9)5-7(10)11-4/h5H,9H2,1-4H3/b6-5-. The van der Waals surface area contributed by atoms with Gasteiger partial charge in [-0.25, -0.2) is 4.79 Å². The quantitative estimate of drug-likeness (QED) is 0.457. The molecule has 11 heavy (non-hydrogen) atoms. The maximum absolute atomic E-state index is 10.7. The molecule has 0 bridgehead atoms. The van der Waals surface area contributed by atoms with E-state index >= 15 is 0 Å². The van der Waals surface area contributed by atoms with Crippen molar-refractivity contribution >= 4 is 5.97 Å². The number of nitrogens with two attached hydrogens (primary N) is 1. The SMILES string of the molecule is COC(=O)/C=C(\N)C(C)(C)C. The molecule has 0 amide bonds. The second-order valence-corrected chi connectivity index (χ2v) is 3.37. The zero-order chi connectivity index (χ0) is 9.07. The molecule has 2 N–H and O–H groups in total. The van der Waals surface area contributed by atoms with Crippen molar-refractivity contribution in [2.75, 3.05) is 7.11 Å². The van der Waals surface area contributed by atoms with Crippen molar-refractivity contribution in [3.05, 3.63) is 11.8 Å². The van der Waals surface area contributed by atoms with Gasteiger partial charge in [0, 0.05) is 17.2 Å². The minimum atomic E-state index is -0.405. The molecule has 64 valence electrons. The lowest BCUT2D eigenvalue weighted by Gasteiger charge is -2.18. The Labute approximate surface area is 67.2 Å². The molecule has 0 fully saturated rings. The van der Waals surface area contributed by atoms with E-state index in [1.807, 2.05) is 20.8 Å². The van der Waals surface area contributed by atoms with Crippen molar-refractivity contribution in [1.82, 2.24) is 0 Å². The summed E-state index contributed by atoms with van der Waals surface area (Å²) in [5.74, 6) is -0.405. The number of esters is 1. The van der Waals surface area contributed by atoms with Crippen molar-refractivity contribution in [2.45, 2.75) is 20.8 Å². The largest absolute Gasteiger partial charge is 0.466 e. The Balaban J connectivity index is 4.35. The monoisotopic (exact) mass is 157 g/mol. The molecular weight excluding hydrogens is 142 g/mol. The highest BCUT2D eigenvalue weighted by atomic mass is 16.5. The van der Waals surface area contributed by atoms with Gasteiger partial charge in [-0.1, -0.05) is 20.8 Å². The van der Waals surface area contributed by atoms with Crippen LogP contribution in [0.2, 0.25) is 0 Å². The third-order valence-corrected chi connectivity index (χ3v) is 1.34. The molecule has 0 unspecified atom stereocenters. The predicted octanol–water partition coefficient (Wildman–Crippen LogP) is 1.05. The van der Waals surface area contributed by atoms with E-state index in [1.165, 1.54) is 13.2 Å². The fraction of sp³-hybridized carbons (Fsp3) is 0.625. The van der Waals surface area contributed by atoms with Gasteiger partial charge in [0.05, 0.1) is 7.11 Å². The molecule has 0 atom stereocenters. The lowest BCUT2D eigenvalue weighted by atomic mass is 9.92. The average Bonchev–Trinajstić information content (AvgIpc) is 1.85. The summed E-state index contributed by atoms with van der Waals surface area (Å²) in [6.07, 6.45) is 1.31. The van der Waals surface area contributed by atoms with Crippen LogP contribution in [0.3, 0.4) is 0 Å². The maximum Gasteiger partial charge on any atom is 0.332 e. The first kappa shape index (κ1) is 10.0. The lowest BCUT2D eigenvalue weighted by Crippen LogP contribution is -2.18. The van der Waals surface area contributed by atoms with Crippen molar-refractivity contribution < 1.29 is 9.53 Å². The van der Waals surface area contributed by atoms with E-state index in [1.54, 1.807) is 0 Å². The zero-order valence-corrected chi connectivity index (χ0v) is 7.47. The van der Waals surface area contributed by atoms with Gasteiger partial charge in [0.2, 0.25) is 0 Å². The molecule has 0 aromatic heterocycles.